The summed E-state index contributed by atoms with van der Waals surface area (Å²) in [5.41, 5.74) is 1.82. The van der Waals surface area contributed by atoms with E-state index in [-0.39, 0.29) is 5.97 Å². The second-order valence-corrected chi connectivity index (χ2v) is 2.15. The third-order valence-corrected chi connectivity index (χ3v) is 0.936. The smallest absolute Gasteiger partial charge is 0.327 e. The number of nitrogens with one attached hydrogen (secondary N) is 1. The number of carbonyl (C=O) groups is 1. The van der Waals surface area contributed by atoms with Crippen molar-refractivity contribution in [3.05, 3.63) is 0 Å². The molecule has 5 heteroatoms. The topological polar surface area (TPSA) is 67.6 Å². The molecule has 0 bridgehead atoms. The second kappa shape index (κ2) is 5.16. The van der Waals surface area contributed by atoms with Crippen molar-refractivity contribution < 1.29 is 9.63 Å². The summed E-state index contributed by atoms with van der Waals surface area (Å²) in [5.74, 6) is 4.38. The Morgan fingerprint density at radius 2 is 2.30 bits per heavy atom. The van der Waals surface area contributed by atoms with Crippen molar-refractivity contribution >= 4 is 5.97 Å². The first-order valence-corrected chi connectivity index (χ1v) is 2.97. The Labute approximate surface area is 60.0 Å². The van der Waals surface area contributed by atoms with Crippen LogP contribution < -0.4 is 11.4 Å². The van der Waals surface area contributed by atoms with Crippen LogP contribution in [-0.2, 0) is 9.63 Å². The summed E-state index contributed by atoms with van der Waals surface area (Å²) in [6, 6.07) is 0. The van der Waals surface area contributed by atoms with Crippen molar-refractivity contribution in [2.45, 2.75) is 6.42 Å². The van der Waals surface area contributed by atoms with Crippen LogP contribution in [-0.4, -0.2) is 31.5 Å². The van der Waals surface area contributed by atoms with E-state index < -0.39 is 0 Å². The fourth-order valence-corrected chi connectivity index (χ4v) is 0.432. The van der Waals surface area contributed by atoms with Gasteiger partial charge in [0.1, 0.15) is 0 Å². The van der Waals surface area contributed by atoms with E-state index >= 15 is 0 Å². The molecule has 0 aliphatic heterocycles. The van der Waals surface area contributed by atoms with Gasteiger partial charge < -0.3 is 9.74 Å². The number of nitrogens with zero attached hydrogens (tertiary/aromatic N) is 1. The normalized spacial score (nSPS) is 10.0. The summed E-state index contributed by atoms with van der Waals surface area (Å²) < 4.78 is 0. The van der Waals surface area contributed by atoms with Crippen LogP contribution in [0.5, 0.6) is 0 Å². The minimum atomic E-state index is -0.351. The molecule has 10 heavy (non-hydrogen) atoms. The molecule has 0 radical (unpaired) electrons. The van der Waals surface area contributed by atoms with Gasteiger partial charge in [0.25, 0.3) is 0 Å². The molecule has 0 aromatic rings. The van der Waals surface area contributed by atoms with Gasteiger partial charge in [-0.15, -0.1) is 0 Å². The predicted octanol–water partition coefficient (Wildman–Crippen LogP) is -1.14. The van der Waals surface area contributed by atoms with Crippen molar-refractivity contribution in [1.29, 1.82) is 0 Å². The Bertz CT molecular complexity index is 105. The third kappa shape index (κ3) is 5.49. The summed E-state index contributed by atoms with van der Waals surface area (Å²) in [7, 11) is 3.76. The number of hydrazine groups is 1. The molecule has 3 N–H and O–H groups in total. The van der Waals surface area contributed by atoms with Gasteiger partial charge in [-0.05, 0) is 14.1 Å². The van der Waals surface area contributed by atoms with Crippen molar-refractivity contribution in [3.8, 4) is 0 Å². The SMILES string of the molecule is CN(C)CCC(=O)ONN. The predicted molar refractivity (Wildman–Crippen MR) is 36.6 cm³/mol. The quantitative estimate of drug-likeness (QED) is 0.388. The van der Waals surface area contributed by atoms with E-state index in [9.17, 15) is 4.79 Å². The zero-order chi connectivity index (χ0) is 7.98. The molecule has 0 aromatic carbocycles. The first-order valence-electron chi connectivity index (χ1n) is 2.97. The van der Waals surface area contributed by atoms with Crippen LogP contribution in [0.25, 0.3) is 0 Å². The van der Waals surface area contributed by atoms with Gasteiger partial charge in [-0.3, -0.25) is 4.79 Å². The average molecular weight is 147 g/mol. The zero-order valence-electron chi connectivity index (χ0n) is 6.26. The summed E-state index contributed by atoms with van der Waals surface area (Å²) in [5, 5.41) is 0. The lowest BCUT2D eigenvalue weighted by molar-refractivity contribution is -0.151. The Balaban J connectivity index is 3.22. The third-order valence-electron chi connectivity index (χ3n) is 0.936. The zero-order valence-corrected chi connectivity index (χ0v) is 6.26. The molecule has 60 valence electrons. The molecule has 0 rings (SSSR count). The summed E-state index contributed by atoms with van der Waals surface area (Å²) in [4.78, 5) is 16.7. The van der Waals surface area contributed by atoms with Crippen LogP contribution in [0.1, 0.15) is 6.42 Å². The fraction of sp³-hybridized carbons (Fsp3) is 0.800. The van der Waals surface area contributed by atoms with Gasteiger partial charge in [0.2, 0.25) is 0 Å². The van der Waals surface area contributed by atoms with Gasteiger partial charge in [0, 0.05) is 6.54 Å². The molecule has 0 aromatic heterocycles. The number of rotatable bonds is 4. The van der Waals surface area contributed by atoms with Gasteiger partial charge in [-0.1, -0.05) is 5.59 Å². The molecule has 0 saturated heterocycles. The molecule has 0 unspecified atom stereocenters. The lowest BCUT2D eigenvalue weighted by Gasteiger charge is -2.07. The van der Waals surface area contributed by atoms with E-state index in [2.05, 4.69) is 4.84 Å². The maximum atomic E-state index is 10.6. The van der Waals surface area contributed by atoms with Crippen molar-refractivity contribution in [1.82, 2.24) is 10.5 Å². The van der Waals surface area contributed by atoms with Gasteiger partial charge in [0.15, 0.2) is 0 Å². The highest BCUT2D eigenvalue weighted by Crippen LogP contribution is 1.84. The maximum absolute atomic E-state index is 10.6. The minimum absolute atomic E-state index is 0.344. The Hall–Kier alpha value is -0.650. The van der Waals surface area contributed by atoms with Crippen LogP contribution in [0.2, 0.25) is 0 Å². The van der Waals surface area contributed by atoms with Gasteiger partial charge >= 0.3 is 5.97 Å². The van der Waals surface area contributed by atoms with Gasteiger partial charge in [0.05, 0.1) is 6.42 Å². The maximum Gasteiger partial charge on any atom is 0.327 e. The first kappa shape index (κ1) is 9.35. The Kier molecular flexibility index (Phi) is 4.82. The lowest BCUT2D eigenvalue weighted by Crippen LogP contribution is -2.28. The number of hydrogen-bond donors (Lipinski definition) is 2. The molecule has 5 nitrogen and oxygen atoms in total. The molecule has 0 aliphatic carbocycles. The highest BCUT2D eigenvalue weighted by Gasteiger charge is 2.01. The summed E-state index contributed by atoms with van der Waals surface area (Å²) in [6.07, 6.45) is 0.344. The molecule has 0 spiro atoms. The van der Waals surface area contributed by atoms with E-state index in [1.54, 1.807) is 0 Å². The molecule has 0 fully saturated rings. The number of nitrogens with two attached hydrogens (primary N) is 1. The summed E-state index contributed by atoms with van der Waals surface area (Å²) in [6.45, 7) is 0.667. The van der Waals surface area contributed by atoms with Gasteiger partial charge in [-0.2, -0.15) is 0 Å². The van der Waals surface area contributed by atoms with E-state index in [4.69, 9.17) is 5.84 Å². The number of hydrogen-bond acceptors (Lipinski definition) is 5. The Morgan fingerprint density at radius 1 is 1.70 bits per heavy atom. The highest BCUT2D eigenvalue weighted by molar-refractivity contribution is 5.69. The van der Waals surface area contributed by atoms with Crippen molar-refractivity contribution in [3.63, 3.8) is 0 Å². The molecule has 0 aliphatic rings. The Morgan fingerprint density at radius 3 is 2.70 bits per heavy atom. The minimum Gasteiger partial charge on any atom is -0.356 e. The van der Waals surface area contributed by atoms with Crippen molar-refractivity contribution in [2.75, 3.05) is 20.6 Å². The van der Waals surface area contributed by atoms with E-state index in [1.807, 2.05) is 24.6 Å². The van der Waals surface area contributed by atoms with Crippen LogP contribution in [0, 0.1) is 0 Å². The van der Waals surface area contributed by atoms with E-state index in [1.165, 1.54) is 0 Å². The summed E-state index contributed by atoms with van der Waals surface area (Å²) >= 11 is 0. The fourth-order valence-electron chi connectivity index (χ4n) is 0.432. The molecule has 0 amide bonds. The van der Waals surface area contributed by atoms with E-state index in [0.29, 0.717) is 13.0 Å². The standard InChI is InChI=1S/C5H13N3O2/c1-8(2)4-3-5(9)10-7-6/h7H,3-4,6H2,1-2H3. The lowest BCUT2D eigenvalue weighted by atomic mass is 10.4. The van der Waals surface area contributed by atoms with Crippen LogP contribution in [0.4, 0.5) is 0 Å². The second-order valence-electron chi connectivity index (χ2n) is 2.15. The van der Waals surface area contributed by atoms with Crippen molar-refractivity contribution in [2.24, 2.45) is 5.84 Å². The molecule has 0 heterocycles. The molecular formula is C5H13N3O2. The van der Waals surface area contributed by atoms with Crippen LogP contribution in [0.15, 0.2) is 0 Å². The molecular weight excluding hydrogens is 134 g/mol. The van der Waals surface area contributed by atoms with Crippen LogP contribution in [0.3, 0.4) is 0 Å². The van der Waals surface area contributed by atoms with Gasteiger partial charge in [-0.25, -0.2) is 5.84 Å². The highest BCUT2D eigenvalue weighted by atomic mass is 16.7. The number of carbonyl (C=O) groups excluding carboxylic acids is 1. The monoisotopic (exact) mass is 147 g/mol. The molecule has 0 saturated carbocycles. The average Bonchev–Trinajstić information content (AvgIpc) is 1.85. The van der Waals surface area contributed by atoms with Crippen LogP contribution >= 0.6 is 0 Å². The molecule has 0 atom stereocenters. The first-order chi connectivity index (χ1) is 4.66. The largest absolute Gasteiger partial charge is 0.356 e. The van der Waals surface area contributed by atoms with E-state index in [0.717, 1.165) is 0 Å².